The monoisotopic (exact) mass is 696 g/mol. The van der Waals surface area contributed by atoms with Gasteiger partial charge >= 0.3 is 27.1 Å². The van der Waals surface area contributed by atoms with Crippen molar-refractivity contribution in [1.29, 1.82) is 0 Å². The smallest absolute Gasteiger partial charge is 0.409 e. The number of carbonyl (C=O) groups is 5. The lowest BCUT2D eigenvalue weighted by molar-refractivity contribution is 0.159. The molecule has 0 atom stereocenters. The molecule has 0 saturated heterocycles. The van der Waals surface area contributed by atoms with Gasteiger partial charge < -0.3 is 23.7 Å². The van der Waals surface area contributed by atoms with Gasteiger partial charge in [-0.15, -0.1) is 0 Å². The van der Waals surface area contributed by atoms with Gasteiger partial charge in [-0.05, 0) is 35.7 Å². The van der Waals surface area contributed by atoms with E-state index in [1.165, 1.54) is 7.11 Å². The first-order valence-electron chi connectivity index (χ1n) is 10.7. The molecule has 0 spiro atoms. The standard InChI is InChI=1S/C8H7ClO2.C7H4Cl2O2.C5H9ClO2.C3H3ClO2.C2H3ClO2/c9-8(10)11-6-7-4-2-1-3-5-7;8-5-1-3-6(4-2-5)11-7(9)10;1-4(2)3-8-5(6)7;1-2-6-3(4)5;1-5-2(3)4/h1-5H,6H2;1-4H;4H,3H2,1-2H3;2H,1H2;1H3. The molecule has 16 heteroatoms. The quantitative estimate of drug-likeness (QED) is 0.163. The summed E-state index contributed by atoms with van der Waals surface area (Å²) >= 11 is 29.6. The Labute approximate surface area is 267 Å². The van der Waals surface area contributed by atoms with Gasteiger partial charge in [0.1, 0.15) is 12.4 Å². The maximum atomic E-state index is 10.2. The third-order valence-corrected chi connectivity index (χ3v) is 3.86. The van der Waals surface area contributed by atoms with Crippen LogP contribution < -0.4 is 4.74 Å². The molecule has 0 aliphatic heterocycles. The largest absolute Gasteiger partial charge is 0.457 e. The van der Waals surface area contributed by atoms with Crippen molar-refractivity contribution >= 4 is 96.7 Å². The van der Waals surface area contributed by atoms with Crippen LogP contribution in [0.25, 0.3) is 0 Å². The molecular formula is C25H26Cl6O10. The van der Waals surface area contributed by atoms with Crippen molar-refractivity contribution in [2.75, 3.05) is 13.7 Å². The lowest BCUT2D eigenvalue weighted by atomic mass is 10.2. The zero-order valence-corrected chi connectivity index (χ0v) is 26.4. The van der Waals surface area contributed by atoms with Crippen LogP contribution in [0.15, 0.2) is 67.4 Å². The Balaban J connectivity index is -0.000000456. The van der Waals surface area contributed by atoms with Gasteiger partial charge in [0.25, 0.3) is 0 Å². The maximum Gasteiger partial charge on any atom is 0.409 e. The van der Waals surface area contributed by atoms with Gasteiger partial charge in [-0.3, -0.25) is 0 Å². The molecule has 0 fully saturated rings. The Morgan fingerprint density at radius 2 is 1.24 bits per heavy atom. The van der Waals surface area contributed by atoms with E-state index in [9.17, 15) is 24.0 Å². The van der Waals surface area contributed by atoms with Crippen LogP contribution in [0.4, 0.5) is 24.0 Å². The molecule has 0 aliphatic rings. The van der Waals surface area contributed by atoms with Gasteiger partial charge in [0.2, 0.25) is 0 Å². The lowest BCUT2D eigenvalue weighted by Gasteiger charge is -2.00. The number of carbonyl (C=O) groups excluding carboxylic acids is 5. The van der Waals surface area contributed by atoms with Crippen molar-refractivity contribution in [2.45, 2.75) is 20.5 Å². The number of ether oxygens (including phenoxy) is 5. The molecule has 10 nitrogen and oxygen atoms in total. The fourth-order valence-electron chi connectivity index (χ4n) is 1.61. The summed E-state index contributed by atoms with van der Waals surface area (Å²) in [7, 11) is 1.22. The average molecular weight is 699 g/mol. The molecule has 0 saturated carbocycles. The minimum Gasteiger partial charge on any atom is -0.457 e. The lowest BCUT2D eigenvalue weighted by Crippen LogP contribution is -2.02. The van der Waals surface area contributed by atoms with E-state index in [1.54, 1.807) is 24.3 Å². The summed E-state index contributed by atoms with van der Waals surface area (Å²) in [6.45, 7) is 7.61. The van der Waals surface area contributed by atoms with Crippen LogP contribution in [0.3, 0.4) is 0 Å². The van der Waals surface area contributed by atoms with Crippen molar-refractivity contribution in [1.82, 2.24) is 0 Å². The summed E-state index contributed by atoms with van der Waals surface area (Å²) in [4.78, 5) is 49.1. The Morgan fingerprint density at radius 1 is 0.756 bits per heavy atom. The molecule has 0 radical (unpaired) electrons. The van der Waals surface area contributed by atoms with Gasteiger partial charge in [0.05, 0.1) is 20.0 Å². The number of hydrogen-bond donors (Lipinski definition) is 0. The van der Waals surface area contributed by atoms with Crippen LogP contribution in [0.5, 0.6) is 5.75 Å². The highest BCUT2D eigenvalue weighted by Gasteiger charge is 1.98. The first kappa shape index (κ1) is 42.7. The van der Waals surface area contributed by atoms with E-state index >= 15 is 0 Å². The van der Waals surface area contributed by atoms with Crippen LogP contribution >= 0.6 is 69.6 Å². The highest BCUT2D eigenvalue weighted by atomic mass is 35.5. The van der Waals surface area contributed by atoms with Crippen LogP contribution in [0, 0.1) is 5.92 Å². The molecule has 0 aliphatic carbocycles. The van der Waals surface area contributed by atoms with Crippen LogP contribution in [-0.2, 0) is 25.6 Å². The van der Waals surface area contributed by atoms with E-state index in [4.69, 9.17) is 46.4 Å². The third-order valence-electron chi connectivity index (χ3n) is 3.07. The Hall–Kier alpha value is -2.73. The molecular weight excluding hydrogens is 673 g/mol. The first-order chi connectivity index (χ1) is 19.1. The SMILES string of the molecule is C=COC(=O)Cl.CC(C)COC(=O)Cl.COC(=O)Cl.O=C(Cl)OCc1ccccc1.O=C(Cl)Oc1ccc(Cl)cc1. The van der Waals surface area contributed by atoms with Crippen LogP contribution in [0.2, 0.25) is 5.02 Å². The summed E-state index contributed by atoms with van der Waals surface area (Å²) in [5.41, 5.74) is -3.05. The Kier molecular flexibility index (Phi) is 30.0. The van der Waals surface area contributed by atoms with Gasteiger partial charge in [-0.25, -0.2) is 24.0 Å². The van der Waals surface area contributed by atoms with Crippen molar-refractivity contribution in [2.24, 2.45) is 5.92 Å². The second-order valence-electron chi connectivity index (χ2n) is 6.71. The average Bonchev–Trinajstić information content (AvgIpc) is 2.89. The predicted molar refractivity (Wildman–Crippen MR) is 159 cm³/mol. The summed E-state index contributed by atoms with van der Waals surface area (Å²) < 4.78 is 21.3. The van der Waals surface area contributed by atoms with Gasteiger partial charge in [0, 0.05) is 63.0 Å². The van der Waals surface area contributed by atoms with Crippen molar-refractivity contribution in [3.8, 4) is 5.75 Å². The van der Waals surface area contributed by atoms with Gasteiger partial charge in [0.15, 0.2) is 0 Å². The maximum absolute atomic E-state index is 10.2. The molecule has 2 aromatic rings. The summed E-state index contributed by atoms with van der Waals surface area (Å²) in [6, 6.07) is 15.7. The Bertz CT molecular complexity index is 1030. The fourth-order valence-corrected chi connectivity index (χ4v) is 2.00. The molecule has 0 unspecified atom stereocenters. The number of methoxy groups -OCH3 is 1. The zero-order chi connectivity index (χ0) is 32.2. The molecule has 0 aromatic heterocycles. The molecule has 0 heterocycles. The van der Waals surface area contributed by atoms with E-state index in [-0.39, 0.29) is 6.61 Å². The van der Waals surface area contributed by atoms with E-state index in [0.717, 1.165) is 11.8 Å². The first-order valence-corrected chi connectivity index (χ1v) is 12.9. The second kappa shape index (κ2) is 28.8. The molecule has 0 bridgehead atoms. The van der Waals surface area contributed by atoms with Gasteiger partial charge in [-0.2, -0.15) is 0 Å². The second-order valence-corrected chi connectivity index (χ2v) is 8.69. The molecule has 0 amide bonds. The van der Waals surface area contributed by atoms with Crippen LogP contribution in [-0.4, -0.2) is 40.9 Å². The number of hydrogen-bond acceptors (Lipinski definition) is 10. The molecule has 41 heavy (non-hydrogen) atoms. The topological polar surface area (TPSA) is 132 Å². The fraction of sp³-hybridized carbons (Fsp3) is 0.240. The van der Waals surface area contributed by atoms with Crippen molar-refractivity contribution in [3.05, 3.63) is 78.0 Å². The normalized spacial score (nSPS) is 8.63. The van der Waals surface area contributed by atoms with E-state index in [0.29, 0.717) is 23.3 Å². The van der Waals surface area contributed by atoms with Crippen LogP contribution in [0.1, 0.15) is 19.4 Å². The predicted octanol–water partition coefficient (Wildman–Crippen LogP) is 10.2. The van der Waals surface area contributed by atoms with E-state index < -0.39 is 27.1 Å². The molecule has 2 rings (SSSR count). The minimum atomic E-state index is -0.856. The number of benzene rings is 2. The minimum absolute atomic E-state index is 0.239. The highest BCUT2D eigenvalue weighted by molar-refractivity contribution is 6.62. The third kappa shape index (κ3) is 39.5. The summed E-state index contributed by atoms with van der Waals surface area (Å²) in [5.74, 6) is 0.743. The summed E-state index contributed by atoms with van der Waals surface area (Å²) in [6.07, 6.45) is 0.968. The van der Waals surface area contributed by atoms with Gasteiger partial charge in [-0.1, -0.05) is 62.4 Å². The number of halogens is 6. The molecule has 0 N–H and O–H groups in total. The van der Waals surface area contributed by atoms with E-state index in [1.807, 2.05) is 44.2 Å². The summed E-state index contributed by atoms with van der Waals surface area (Å²) in [5, 5.41) is 0.583. The molecule has 2 aromatic carbocycles. The number of rotatable bonds is 6. The van der Waals surface area contributed by atoms with Crippen molar-refractivity contribution in [3.63, 3.8) is 0 Å². The Morgan fingerprint density at radius 3 is 1.54 bits per heavy atom. The highest BCUT2D eigenvalue weighted by Crippen LogP contribution is 2.16. The molecule has 228 valence electrons. The zero-order valence-electron chi connectivity index (χ0n) is 21.8. The van der Waals surface area contributed by atoms with Crippen molar-refractivity contribution < 1.29 is 47.7 Å². The van der Waals surface area contributed by atoms with E-state index in [2.05, 4.69) is 53.5 Å².